The molecule has 0 aromatic heterocycles. The molecule has 0 bridgehead atoms. The molecule has 0 unspecified atom stereocenters. The highest BCUT2D eigenvalue weighted by Crippen LogP contribution is 2.22. The van der Waals surface area contributed by atoms with Crippen molar-refractivity contribution in [2.45, 2.75) is 13.3 Å². The van der Waals surface area contributed by atoms with Gasteiger partial charge in [-0.3, -0.25) is 4.79 Å². The summed E-state index contributed by atoms with van der Waals surface area (Å²) in [6, 6.07) is 19.2. The number of fused-ring (bicyclic) bond motifs is 1. The number of carbonyl (C=O) groups is 1. The Labute approximate surface area is 153 Å². The third kappa shape index (κ3) is 3.75. The van der Waals surface area contributed by atoms with E-state index >= 15 is 0 Å². The van der Waals surface area contributed by atoms with E-state index in [1.165, 1.54) is 6.21 Å². The molecule has 2 N–H and O–H groups in total. The van der Waals surface area contributed by atoms with Crippen LogP contribution >= 0.6 is 0 Å². The molecule has 4 heteroatoms. The quantitative estimate of drug-likeness (QED) is 0.630. The molecule has 0 heterocycles. The SMILES string of the molecule is CCOc1ccccc1CCNC(=O)c1ccc(C=N)c2ccccc12. The minimum atomic E-state index is -0.105. The van der Waals surface area contributed by atoms with Gasteiger partial charge < -0.3 is 15.5 Å². The van der Waals surface area contributed by atoms with Crippen LogP contribution < -0.4 is 10.1 Å². The lowest BCUT2D eigenvalue weighted by atomic mass is 9.99. The zero-order valence-corrected chi connectivity index (χ0v) is 14.8. The van der Waals surface area contributed by atoms with Crippen molar-refractivity contribution in [1.82, 2.24) is 5.32 Å². The summed E-state index contributed by atoms with van der Waals surface area (Å²) in [5.74, 6) is 0.761. The highest BCUT2D eigenvalue weighted by atomic mass is 16.5. The molecule has 0 aliphatic heterocycles. The maximum Gasteiger partial charge on any atom is 0.251 e. The number of carbonyl (C=O) groups excluding carboxylic acids is 1. The van der Waals surface area contributed by atoms with Gasteiger partial charge in [0.1, 0.15) is 5.75 Å². The van der Waals surface area contributed by atoms with Crippen LogP contribution in [0.1, 0.15) is 28.4 Å². The Kier molecular flexibility index (Phi) is 5.64. The van der Waals surface area contributed by atoms with Gasteiger partial charge in [0.2, 0.25) is 0 Å². The largest absolute Gasteiger partial charge is 0.494 e. The van der Waals surface area contributed by atoms with Gasteiger partial charge in [0, 0.05) is 18.3 Å². The molecule has 0 aliphatic carbocycles. The maximum atomic E-state index is 12.7. The van der Waals surface area contributed by atoms with Crippen molar-refractivity contribution in [2.24, 2.45) is 0 Å². The minimum Gasteiger partial charge on any atom is -0.494 e. The first kappa shape index (κ1) is 17.7. The molecule has 0 aliphatic rings. The van der Waals surface area contributed by atoms with Gasteiger partial charge in [-0.05, 0) is 47.4 Å². The van der Waals surface area contributed by atoms with Crippen molar-refractivity contribution in [2.75, 3.05) is 13.2 Å². The van der Waals surface area contributed by atoms with Crippen molar-refractivity contribution in [3.63, 3.8) is 0 Å². The first-order valence-corrected chi connectivity index (χ1v) is 8.75. The second kappa shape index (κ2) is 8.30. The highest BCUT2D eigenvalue weighted by molar-refractivity contribution is 6.11. The molecule has 3 rings (SSSR count). The molecule has 1 amide bonds. The third-order valence-electron chi connectivity index (χ3n) is 4.31. The van der Waals surface area contributed by atoms with Crippen molar-refractivity contribution in [3.05, 3.63) is 77.4 Å². The fourth-order valence-electron chi connectivity index (χ4n) is 3.06. The number of amides is 1. The van der Waals surface area contributed by atoms with Gasteiger partial charge in [-0.25, -0.2) is 0 Å². The number of ether oxygens (including phenoxy) is 1. The molecule has 3 aromatic carbocycles. The zero-order valence-electron chi connectivity index (χ0n) is 14.8. The highest BCUT2D eigenvalue weighted by Gasteiger charge is 2.11. The van der Waals surface area contributed by atoms with Crippen molar-refractivity contribution < 1.29 is 9.53 Å². The van der Waals surface area contributed by atoms with Crippen LogP contribution in [0.5, 0.6) is 5.75 Å². The van der Waals surface area contributed by atoms with Gasteiger partial charge in [0.15, 0.2) is 0 Å². The molecule has 132 valence electrons. The number of hydrogen-bond donors (Lipinski definition) is 2. The minimum absolute atomic E-state index is 0.105. The van der Waals surface area contributed by atoms with Crippen LogP contribution in [0.15, 0.2) is 60.7 Å². The predicted octanol–water partition coefficient (Wildman–Crippen LogP) is 4.21. The molecular formula is C22H22N2O2. The van der Waals surface area contributed by atoms with Crippen LogP contribution in [0.3, 0.4) is 0 Å². The van der Waals surface area contributed by atoms with Gasteiger partial charge >= 0.3 is 0 Å². The lowest BCUT2D eigenvalue weighted by molar-refractivity contribution is 0.0955. The van der Waals surface area contributed by atoms with E-state index in [0.29, 0.717) is 25.1 Å². The molecule has 0 atom stereocenters. The van der Waals surface area contributed by atoms with E-state index in [4.69, 9.17) is 10.1 Å². The van der Waals surface area contributed by atoms with Gasteiger partial charge in [-0.15, -0.1) is 0 Å². The fourth-order valence-corrected chi connectivity index (χ4v) is 3.06. The zero-order chi connectivity index (χ0) is 18.4. The summed E-state index contributed by atoms with van der Waals surface area (Å²) in [4.78, 5) is 12.7. The van der Waals surface area contributed by atoms with Gasteiger partial charge in [-0.2, -0.15) is 0 Å². The van der Waals surface area contributed by atoms with Crippen molar-refractivity contribution in [1.29, 1.82) is 5.41 Å². The molecule has 0 fully saturated rings. The van der Waals surface area contributed by atoms with Crippen LogP contribution in [0.25, 0.3) is 10.8 Å². The van der Waals surface area contributed by atoms with Crippen molar-refractivity contribution >= 4 is 22.9 Å². The van der Waals surface area contributed by atoms with Gasteiger partial charge in [0.25, 0.3) is 5.91 Å². The first-order chi connectivity index (χ1) is 12.7. The first-order valence-electron chi connectivity index (χ1n) is 8.75. The van der Waals surface area contributed by atoms with Crippen LogP contribution in [0, 0.1) is 5.41 Å². The molecule has 0 radical (unpaired) electrons. The van der Waals surface area contributed by atoms with Gasteiger partial charge in [-0.1, -0.05) is 48.5 Å². The van der Waals surface area contributed by atoms with Crippen molar-refractivity contribution in [3.8, 4) is 5.75 Å². The Hall–Kier alpha value is -3.14. The molecular weight excluding hydrogens is 324 g/mol. The van der Waals surface area contributed by atoms with Crippen LogP contribution in [0.4, 0.5) is 0 Å². The second-order valence-corrected chi connectivity index (χ2v) is 5.94. The summed E-state index contributed by atoms with van der Waals surface area (Å²) < 4.78 is 5.63. The maximum absolute atomic E-state index is 12.7. The van der Waals surface area contributed by atoms with Gasteiger partial charge in [0.05, 0.1) is 6.61 Å². The smallest absolute Gasteiger partial charge is 0.251 e. The average Bonchev–Trinajstić information content (AvgIpc) is 2.68. The standard InChI is InChI=1S/C22H22N2O2/c1-2-26-21-10-6-3-7-16(21)13-14-24-22(25)20-12-11-17(15-23)18-8-4-5-9-19(18)20/h3-12,15,23H,2,13-14H2,1H3,(H,24,25). The molecule has 4 nitrogen and oxygen atoms in total. The topological polar surface area (TPSA) is 62.2 Å². The number of benzene rings is 3. The van der Waals surface area contributed by atoms with Crippen LogP contribution in [0.2, 0.25) is 0 Å². The fraction of sp³-hybridized carbons (Fsp3) is 0.182. The van der Waals surface area contributed by atoms with E-state index in [2.05, 4.69) is 5.32 Å². The van der Waals surface area contributed by atoms with E-state index in [9.17, 15) is 4.79 Å². The van der Waals surface area contributed by atoms with E-state index in [-0.39, 0.29) is 5.91 Å². The second-order valence-electron chi connectivity index (χ2n) is 5.94. The molecule has 0 saturated carbocycles. The van der Waals surface area contributed by atoms with E-state index in [0.717, 1.165) is 27.6 Å². The summed E-state index contributed by atoms with van der Waals surface area (Å²) >= 11 is 0. The summed E-state index contributed by atoms with van der Waals surface area (Å²) in [5.41, 5.74) is 2.52. The lowest BCUT2D eigenvalue weighted by Crippen LogP contribution is -2.26. The Morgan fingerprint density at radius 3 is 2.54 bits per heavy atom. The number of para-hydroxylation sites is 1. The van der Waals surface area contributed by atoms with Crippen LogP contribution in [-0.2, 0) is 6.42 Å². The number of rotatable bonds is 7. The summed E-state index contributed by atoms with van der Waals surface area (Å²) in [6.45, 7) is 3.11. The third-order valence-corrected chi connectivity index (χ3v) is 4.31. The molecule has 0 saturated heterocycles. The normalized spacial score (nSPS) is 10.5. The monoisotopic (exact) mass is 346 g/mol. The average molecular weight is 346 g/mol. The van der Waals surface area contributed by atoms with E-state index in [1.54, 1.807) is 6.07 Å². The summed E-state index contributed by atoms with van der Waals surface area (Å²) in [7, 11) is 0. The number of nitrogens with one attached hydrogen (secondary N) is 2. The molecule has 3 aromatic rings. The lowest BCUT2D eigenvalue weighted by Gasteiger charge is -2.12. The van der Waals surface area contributed by atoms with Crippen LogP contribution in [-0.4, -0.2) is 25.3 Å². The Morgan fingerprint density at radius 1 is 1.04 bits per heavy atom. The Balaban J connectivity index is 1.74. The van der Waals surface area contributed by atoms with E-state index in [1.807, 2.05) is 61.5 Å². The van der Waals surface area contributed by atoms with E-state index < -0.39 is 0 Å². The summed E-state index contributed by atoms with van der Waals surface area (Å²) in [6.07, 6.45) is 2.02. The summed E-state index contributed by atoms with van der Waals surface area (Å²) in [5, 5.41) is 12.3. The molecule has 0 spiro atoms. The Morgan fingerprint density at radius 2 is 1.77 bits per heavy atom. The molecule has 26 heavy (non-hydrogen) atoms. The Bertz CT molecular complexity index is 934. The number of hydrogen-bond acceptors (Lipinski definition) is 3. The predicted molar refractivity (Wildman–Crippen MR) is 105 cm³/mol.